The summed E-state index contributed by atoms with van der Waals surface area (Å²) in [6.45, 7) is 0.496. The van der Waals surface area contributed by atoms with E-state index >= 15 is 0 Å². The zero-order valence-corrected chi connectivity index (χ0v) is 19.0. The molecule has 0 saturated heterocycles. The molecule has 0 unspecified atom stereocenters. The summed E-state index contributed by atoms with van der Waals surface area (Å²) < 4.78 is 12.7. The second kappa shape index (κ2) is 10.1. The average Bonchev–Trinajstić information content (AvgIpc) is 3.25. The second-order valence-electron chi connectivity index (χ2n) is 7.07. The molecule has 2 N–H and O–H groups in total. The molecule has 0 spiro atoms. The Balaban J connectivity index is 1.84. The molecule has 0 amide bonds. The minimum Gasteiger partial charge on any atom is -0.508 e. The Bertz CT molecular complexity index is 1340. The van der Waals surface area contributed by atoms with Crippen LogP contribution in [-0.4, -0.2) is 35.3 Å². The van der Waals surface area contributed by atoms with Gasteiger partial charge in [0.25, 0.3) is 0 Å². The number of aromatic nitrogens is 1. The average molecular weight is 462 g/mol. The van der Waals surface area contributed by atoms with Gasteiger partial charge in [-0.3, -0.25) is 4.99 Å². The first-order valence-electron chi connectivity index (χ1n) is 10.1. The topological polar surface area (TPSA) is 88.6 Å². The summed E-state index contributed by atoms with van der Waals surface area (Å²) in [6.07, 6.45) is 1.53. The molecule has 4 rings (SSSR count). The van der Waals surface area contributed by atoms with Crippen LogP contribution in [0, 0.1) is 0 Å². The monoisotopic (exact) mass is 461 g/mol. The van der Waals surface area contributed by atoms with Crippen molar-refractivity contribution < 1.29 is 19.7 Å². The Morgan fingerprint density at radius 2 is 1.79 bits per heavy atom. The lowest BCUT2D eigenvalue weighted by Gasteiger charge is -2.11. The maximum Gasteiger partial charge on any atom is 0.206 e. The van der Waals surface area contributed by atoms with Crippen molar-refractivity contribution in [1.82, 2.24) is 4.68 Å². The fraction of sp³-hybridized carbons (Fsp3) is 0.120. The number of phenols is 2. The Labute approximate surface area is 195 Å². The molecule has 0 atom stereocenters. The molecular weight excluding hydrogens is 438 g/mol. The van der Waals surface area contributed by atoms with Crippen molar-refractivity contribution in [3.8, 4) is 34.3 Å². The smallest absolute Gasteiger partial charge is 0.206 e. The van der Waals surface area contributed by atoms with Crippen LogP contribution in [-0.2, 0) is 6.54 Å². The van der Waals surface area contributed by atoms with Crippen LogP contribution in [0.25, 0.3) is 11.3 Å². The van der Waals surface area contributed by atoms with Gasteiger partial charge in [-0.25, -0.2) is 4.68 Å². The summed E-state index contributed by atoms with van der Waals surface area (Å²) in [6, 6.07) is 19.9. The molecule has 0 aliphatic heterocycles. The van der Waals surface area contributed by atoms with E-state index in [1.807, 2.05) is 53.9 Å². The summed E-state index contributed by atoms with van der Waals surface area (Å²) in [7, 11) is 3.22. The number of rotatable bonds is 7. The van der Waals surface area contributed by atoms with E-state index in [-0.39, 0.29) is 11.5 Å². The molecule has 0 aliphatic rings. The largest absolute Gasteiger partial charge is 0.508 e. The van der Waals surface area contributed by atoms with Gasteiger partial charge in [0.05, 0.1) is 32.7 Å². The highest BCUT2D eigenvalue weighted by Gasteiger charge is 2.14. The molecule has 1 heterocycles. The zero-order chi connectivity index (χ0) is 23.2. The van der Waals surface area contributed by atoms with Gasteiger partial charge in [-0.15, -0.1) is 11.3 Å². The lowest BCUT2D eigenvalue weighted by atomic mass is 10.1. The highest BCUT2D eigenvalue weighted by molar-refractivity contribution is 7.07. The molecule has 1 aromatic heterocycles. The summed E-state index contributed by atoms with van der Waals surface area (Å²) in [4.78, 5) is 5.44. The number of phenolic OH excluding ortho intramolecular Hbond substituents is 2. The first-order chi connectivity index (χ1) is 16.1. The molecule has 3 aromatic carbocycles. The van der Waals surface area contributed by atoms with E-state index in [2.05, 4.69) is 5.10 Å². The van der Waals surface area contributed by atoms with Crippen molar-refractivity contribution in [3.63, 3.8) is 0 Å². The molecule has 0 aliphatic carbocycles. The molecule has 4 aromatic rings. The van der Waals surface area contributed by atoms with Crippen molar-refractivity contribution in [2.45, 2.75) is 6.54 Å². The lowest BCUT2D eigenvalue weighted by molar-refractivity contribution is 0.404. The molecule has 0 saturated carbocycles. The van der Waals surface area contributed by atoms with Crippen molar-refractivity contribution in [2.24, 2.45) is 10.1 Å². The van der Waals surface area contributed by atoms with Crippen LogP contribution in [0.5, 0.6) is 23.0 Å². The number of thiazole rings is 1. The van der Waals surface area contributed by atoms with Gasteiger partial charge in [0.1, 0.15) is 23.0 Å². The van der Waals surface area contributed by atoms with Crippen LogP contribution in [0.2, 0.25) is 0 Å². The van der Waals surface area contributed by atoms with Crippen molar-refractivity contribution in [1.29, 1.82) is 0 Å². The minimum absolute atomic E-state index is 0.0202. The SMILES string of the molecule is COc1ccc(OC)c(-c2csc(=NCc3ccccc3)n2N=Cc2ccc(O)cc2O)c1. The van der Waals surface area contributed by atoms with Crippen LogP contribution >= 0.6 is 11.3 Å². The zero-order valence-electron chi connectivity index (χ0n) is 18.2. The minimum atomic E-state index is -0.0714. The summed E-state index contributed by atoms with van der Waals surface area (Å²) >= 11 is 1.45. The molecule has 0 radical (unpaired) electrons. The van der Waals surface area contributed by atoms with Crippen LogP contribution in [0.3, 0.4) is 0 Å². The van der Waals surface area contributed by atoms with E-state index in [0.29, 0.717) is 28.4 Å². The number of nitrogens with zero attached hydrogens (tertiary/aromatic N) is 3. The third-order valence-corrected chi connectivity index (χ3v) is 5.79. The Hall–Kier alpha value is -4.04. The Morgan fingerprint density at radius 3 is 2.52 bits per heavy atom. The Kier molecular flexibility index (Phi) is 6.75. The fourth-order valence-corrected chi connectivity index (χ4v) is 4.05. The van der Waals surface area contributed by atoms with Gasteiger partial charge in [-0.2, -0.15) is 5.10 Å². The maximum absolute atomic E-state index is 10.2. The van der Waals surface area contributed by atoms with E-state index in [1.165, 1.54) is 29.7 Å². The second-order valence-corrected chi connectivity index (χ2v) is 7.91. The molecular formula is C25H23N3O4S. The highest BCUT2D eigenvalue weighted by Crippen LogP contribution is 2.34. The van der Waals surface area contributed by atoms with Crippen molar-refractivity contribution >= 4 is 17.6 Å². The van der Waals surface area contributed by atoms with Crippen LogP contribution in [0.4, 0.5) is 0 Å². The van der Waals surface area contributed by atoms with Crippen LogP contribution < -0.4 is 14.3 Å². The van der Waals surface area contributed by atoms with E-state index in [0.717, 1.165) is 16.8 Å². The normalized spacial score (nSPS) is 11.8. The summed E-state index contributed by atoms with van der Waals surface area (Å²) in [5.41, 5.74) is 3.10. The maximum atomic E-state index is 10.2. The molecule has 7 nitrogen and oxygen atoms in total. The number of hydrogen-bond acceptors (Lipinski definition) is 7. The molecule has 0 bridgehead atoms. The Morgan fingerprint density at radius 1 is 0.970 bits per heavy atom. The van der Waals surface area contributed by atoms with Crippen molar-refractivity contribution in [2.75, 3.05) is 14.2 Å². The number of methoxy groups -OCH3 is 2. The lowest BCUT2D eigenvalue weighted by Crippen LogP contribution is -2.12. The quantitative estimate of drug-likeness (QED) is 0.393. The highest BCUT2D eigenvalue weighted by atomic mass is 32.1. The predicted octanol–water partition coefficient (Wildman–Crippen LogP) is 4.63. The van der Waals surface area contributed by atoms with E-state index in [9.17, 15) is 10.2 Å². The molecule has 0 fully saturated rings. The van der Waals surface area contributed by atoms with Gasteiger partial charge in [0, 0.05) is 22.6 Å². The number of ether oxygens (including phenoxy) is 2. The van der Waals surface area contributed by atoms with Crippen LogP contribution in [0.1, 0.15) is 11.1 Å². The third kappa shape index (κ3) is 5.07. The van der Waals surface area contributed by atoms with Gasteiger partial charge in [-0.05, 0) is 35.9 Å². The van der Waals surface area contributed by atoms with Crippen molar-refractivity contribution in [3.05, 3.63) is 88.0 Å². The van der Waals surface area contributed by atoms with Gasteiger partial charge in [0.15, 0.2) is 0 Å². The number of hydrogen-bond donors (Lipinski definition) is 2. The van der Waals surface area contributed by atoms with E-state index in [4.69, 9.17) is 14.5 Å². The van der Waals surface area contributed by atoms with Gasteiger partial charge < -0.3 is 19.7 Å². The molecule has 33 heavy (non-hydrogen) atoms. The van der Waals surface area contributed by atoms with Gasteiger partial charge in [0.2, 0.25) is 4.80 Å². The first kappa shape index (κ1) is 22.2. The first-order valence-corrected chi connectivity index (χ1v) is 11.0. The molecule has 8 heteroatoms. The molecule has 168 valence electrons. The van der Waals surface area contributed by atoms with E-state index < -0.39 is 0 Å². The fourth-order valence-electron chi connectivity index (χ4n) is 3.22. The summed E-state index contributed by atoms with van der Waals surface area (Å²) in [5.74, 6) is 1.26. The van der Waals surface area contributed by atoms with Crippen LogP contribution in [0.15, 0.2) is 82.2 Å². The standard InChI is InChI=1S/C25H23N3O4S/c1-31-20-10-11-24(32-2)21(13-20)22-16-33-25(26-14-17-6-4-3-5-7-17)28(22)27-15-18-8-9-19(29)12-23(18)30/h3-13,15-16,29-30H,14H2,1-2H3. The van der Waals surface area contributed by atoms with Gasteiger partial charge in [-0.1, -0.05) is 30.3 Å². The predicted molar refractivity (Wildman–Crippen MR) is 129 cm³/mol. The number of aromatic hydroxyl groups is 2. The van der Waals surface area contributed by atoms with Gasteiger partial charge >= 0.3 is 0 Å². The number of benzene rings is 3. The summed E-state index contributed by atoms with van der Waals surface area (Å²) in [5, 5.41) is 26.3. The van der Waals surface area contributed by atoms with E-state index in [1.54, 1.807) is 25.0 Å². The third-order valence-electron chi connectivity index (χ3n) is 4.93.